The Morgan fingerprint density at radius 2 is 2.11 bits per heavy atom. The molecule has 3 rings (SSSR count). The fourth-order valence-corrected chi connectivity index (χ4v) is 4.22. The quantitative estimate of drug-likeness (QED) is 0.747. The van der Waals surface area contributed by atoms with Crippen LogP contribution in [0.25, 0.3) is 10.4 Å². The number of carbonyl (C=O) groups excluding carboxylic acids is 2. The fraction of sp³-hybridized carbons (Fsp3) is 0.429. The Morgan fingerprint density at radius 1 is 1.36 bits per heavy atom. The van der Waals surface area contributed by atoms with Crippen molar-refractivity contribution >= 4 is 28.2 Å². The molecule has 2 heterocycles. The molecule has 1 aliphatic rings. The topological polar surface area (TPSA) is 67.9 Å². The number of hydrogen-bond acceptors (Lipinski definition) is 6. The first kappa shape index (κ1) is 20.5. The Balaban J connectivity index is 1.82. The van der Waals surface area contributed by atoms with E-state index >= 15 is 0 Å². The summed E-state index contributed by atoms with van der Waals surface area (Å²) in [4.78, 5) is 28.3. The predicted molar refractivity (Wildman–Crippen MR) is 111 cm³/mol. The van der Waals surface area contributed by atoms with Crippen LogP contribution >= 0.6 is 11.3 Å². The number of thiophene rings is 1. The maximum absolute atomic E-state index is 12.9. The van der Waals surface area contributed by atoms with Crippen LogP contribution in [0, 0.1) is 0 Å². The number of esters is 1. The van der Waals surface area contributed by atoms with Crippen molar-refractivity contribution in [3.8, 4) is 10.4 Å². The lowest BCUT2D eigenvalue weighted by molar-refractivity contribution is -0.123. The van der Waals surface area contributed by atoms with Crippen molar-refractivity contribution < 1.29 is 19.1 Å². The summed E-state index contributed by atoms with van der Waals surface area (Å²) in [5.41, 5.74) is 1.38. The number of carbonyl (C=O) groups is 2. The van der Waals surface area contributed by atoms with E-state index in [4.69, 9.17) is 9.47 Å². The van der Waals surface area contributed by atoms with Crippen LogP contribution in [0.15, 0.2) is 36.4 Å². The average molecular weight is 403 g/mol. The number of benzene rings is 1. The molecule has 1 fully saturated rings. The molecule has 6 nitrogen and oxygen atoms in total. The Morgan fingerprint density at radius 3 is 2.79 bits per heavy atom. The van der Waals surface area contributed by atoms with Gasteiger partial charge < -0.3 is 14.8 Å². The highest BCUT2D eigenvalue weighted by Gasteiger charge is 2.28. The van der Waals surface area contributed by atoms with Crippen molar-refractivity contribution in [3.63, 3.8) is 0 Å². The first-order valence-electron chi connectivity index (χ1n) is 9.52. The summed E-state index contributed by atoms with van der Waals surface area (Å²) >= 11 is 1.38. The molecule has 1 N–H and O–H groups in total. The minimum Gasteiger partial charge on any atom is -0.462 e. The maximum Gasteiger partial charge on any atom is 0.341 e. The van der Waals surface area contributed by atoms with E-state index in [0.717, 1.165) is 10.4 Å². The molecule has 0 aliphatic carbocycles. The average Bonchev–Trinajstić information content (AvgIpc) is 3.12. The summed E-state index contributed by atoms with van der Waals surface area (Å²) in [7, 11) is 0. The second kappa shape index (κ2) is 9.32. The summed E-state index contributed by atoms with van der Waals surface area (Å²) in [6, 6.07) is 11.3. The van der Waals surface area contributed by atoms with E-state index in [9.17, 15) is 9.59 Å². The van der Waals surface area contributed by atoms with Crippen LogP contribution in [-0.2, 0) is 14.3 Å². The van der Waals surface area contributed by atoms with Crippen LogP contribution in [0.2, 0.25) is 0 Å². The van der Waals surface area contributed by atoms with Crippen molar-refractivity contribution in [2.45, 2.75) is 32.9 Å². The Bertz CT molecular complexity index is 821. The van der Waals surface area contributed by atoms with Crippen LogP contribution in [0.1, 0.15) is 31.1 Å². The SMILES string of the molecule is CCOC(=O)c1cc(-c2ccccc2)sc1NC(=O)[C@H](C)N1CCO[C@H](C)C1. The molecule has 2 atom stereocenters. The van der Waals surface area contributed by atoms with Gasteiger partial charge in [0.15, 0.2) is 0 Å². The molecule has 150 valence electrons. The fourth-order valence-electron chi connectivity index (χ4n) is 3.17. The lowest BCUT2D eigenvalue weighted by Crippen LogP contribution is -2.50. The molecular formula is C21H26N2O4S. The van der Waals surface area contributed by atoms with Crippen LogP contribution in [-0.4, -0.2) is 55.2 Å². The van der Waals surface area contributed by atoms with E-state index < -0.39 is 5.97 Å². The normalized spacial score (nSPS) is 18.5. The molecular weight excluding hydrogens is 376 g/mol. The van der Waals surface area contributed by atoms with E-state index in [1.54, 1.807) is 13.0 Å². The van der Waals surface area contributed by atoms with Gasteiger partial charge in [-0.2, -0.15) is 0 Å². The van der Waals surface area contributed by atoms with Gasteiger partial charge in [0.25, 0.3) is 0 Å². The van der Waals surface area contributed by atoms with Gasteiger partial charge in [-0.15, -0.1) is 11.3 Å². The molecule has 1 aromatic carbocycles. The van der Waals surface area contributed by atoms with Crippen LogP contribution in [0.4, 0.5) is 5.00 Å². The van der Waals surface area contributed by atoms with Crippen LogP contribution < -0.4 is 5.32 Å². The second-order valence-electron chi connectivity index (χ2n) is 6.78. The summed E-state index contributed by atoms with van der Waals surface area (Å²) < 4.78 is 10.7. The van der Waals surface area contributed by atoms with Gasteiger partial charge in [-0.1, -0.05) is 30.3 Å². The van der Waals surface area contributed by atoms with Crippen LogP contribution in [0.3, 0.4) is 0 Å². The standard InChI is InChI=1S/C21H26N2O4S/c1-4-26-21(25)17-12-18(16-8-6-5-7-9-16)28-20(17)22-19(24)15(3)23-10-11-27-14(2)13-23/h5-9,12,14-15H,4,10-11,13H2,1-3H3,(H,22,24)/t14-,15+/m1/s1. The molecule has 0 radical (unpaired) electrons. The Labute approximate surface area is 169 Å². The van der Waals surface area contributed by atoms with Crippen molar-refractivity contribution in [2.24, 2.45) is 0 Å². The van der Waals surface area contributed by atoms with E-state index in [2.05, 4.69) is 10.2 Å². The zero-order chi connectivity index (χ0) is 20.1. The second-order valence-corrected chi connectivity index (χ2v) is 7.83. The maximum atomic E-state index is 12.9. The van der Waals surface area contributed by atoms with Crippen molar-refractivity contribution in [1.29, 1.82) is 0 Å². The zero-order valence-electron chi connectivity index (χ0n) is 16.4. The van der Waals surface area contributed by atoms with Crippen molar-refractivity contribution in [2.75, 3.05) is 31.6 Å². The number of morpholine rings is 1. The molecule has 28 heavy (non-hydrogen) atoms. The van der Waals surface area contributed by atoms with E-state index in [0.29, 0.717) is 30.3 Å². The minimum atomic E-state index is -0.427. The number of rotatable bonds is 6. The third-order valence-electron chi connectivity index (χ3n) is 4.72. The third-order valence-corrected chi connectivity index (χ3v) is 5.82. The van der Waals surface area contributed by atoms with Gasteiger partial charge >= 0.3 is 5.97 Å². The highest BCUT2D eigenvalue weighted by atomic mass is 32.1. The predicted octanol–water partition coefficient (Wildman–Crippen LogP) is 3.64. The number of hydrogen-bond donors (Lipinski definition) is 1. The van der Waals surface area contributed by atoms with Crippen LogP contribution in [0.5, 0.6) is 0 Å². The number of nitrogens with zero attached hydrogens (tertiary/aromatic N) is 1. The lowest BCUT2D eigenvalue weighted by Gasteiger charge is -2.34. The summed E-state index contributed by atoms with van der Waals surface area (Å²) in [5.74, 6) is -0.565. The largest absolute Gasteiger partial charge is 0.462 e. The summed E-state index contributed by atoms with van der Waals surface area (Å²) in [5, 5.41) is 3.47. The number of anilines is 1. The van der Waals surface area contributed by atoms with Gasteiger partial charge in [0.05, 0.1) is 30.9 Å². The third kappa shape index (κ3) is 4.79. The molecule has 0 spiro atoms. The number of amides is 1. The van der Waals surface area contributed by atoms with Gasteiger partial charge in [0.2, 0.25) is 5.91 Å². The molecule has 1 aliphatic heterocycles. The molecule has 1 saturated heterocycles. The summed E-state index contributed by atoms with van der Waals surface area (Å²) in [6.45, 7) is 7.96. The first-order chi connectivity index (χ1) is 13.5. The molecule has 0 saturated carbocycles. The van der Waals surface area contributed by atoms with E-state index in [1.165, 1.54) is 11.3 Å². The molecule has 0 unspecified atom stereocenters. The smallest absolute Gasteiger partial charge is 0.341 e. The summed E-state index contributed by atoms with van der Waals surface area (Å²) in [6.07, 6.45) is 0.102. The van der Waals surface area contributed by atoms with Crippen molar-refractivity contribution in [3.05, 3.63) is 42.0 Å². The molecule has 1 aromatic heterocycles. The highest BCUT2D eigenvalue weighted by Crippen LogP contribution is 2.36. The van der Waals surface area contributed by atoms with Gasteiger partial charge in [0, 0.05) is 18.0 Å². The first-order valence-corrected chi connectivity index (χ1v) is 10.3. The Hall–Kier alpha value is -2.22. The molecule has 0 bridgehead atoms. The van der Waals surface area contributed by atoms with E-state index in [-0.39, 0.29) is 24.7 Å². The molecule has 2 aromatic rings. The molecule has 7 heteroatoms. The number of ether oxygens (including phenoxy) is 2. The Kier molecular flexibility index (Phi) is 6.83. The number of nitrogens with one attached hydrogen (secondary N) is 1. The lowest BCUT2D eigenvalue weighted by atomic mass is 10.1. The van der Waals surface area contributed by atoms with Gasteiger partial charge in [-0.25, -0.2) is 4.79 Å². The van der Waals surface area contributed by atoms with Gasteiger partial charge in [-0.3, -0.25) is 9.69 Å². The molecule has 1 amide bonds. The zero-order valence-corrected chi connectivity index (χ0v) is 17.3. The van der Waals surface area contributed by atoms with Gasteiger partial charge in [0.1, 0.15) is 5.00 Å². The minimum absolute atomic E-state index is 0.102. The highest BCUT2D eigenvalue weighted by molar-refractivity contribution is 7.20. The van der Waals surface area contributed by atoms with Crippen molar-refractivity contribution in [1.82, 2.24) is 4.90 Å². The monoisotopic (exact) mass is 402 g/mol. The van der Waals surface area contributed by atoms with E-state index in [1.807, 2.05) is 44.2 Å². The van der Waals surface area contributed by atoms with Gasteiger partial charge in [-0.05, 0) is 32.4 Å².